The summed E-state index contributed by atoms with van der Waals surface area (Å²) >= 11 is 4.60. The summed E-state index contributed by atoms with van der Waals surface area (Å²) in [4.78, 5) is 9.75. The molecule has 5 heteroatoms. The lowest BCUT2D eigenvalue weighted by molar-refractivity contribution is -0.114. The molecule has 0 heterocycles. The molecule has 0 N–H and O–H groups in total. The average molecular weight is 161 g/mol. The van der Waals surface area contributed by atoms with Gasteiger partial charge in [-0.2, -0.15) is 0 Å². The van der Waals surface area contributed by atoms with Crippen molar-refractivity contribution in [3.63, 3.8) is 0 Å². The highest BCUT2D eigenvalue weighted by molar-refractivity contribution is 6.63. The Balaban J connectivity index is 3.50. The Bertz CT molecular complexity index is 106. The van der Waals surface area contributed by atoms with Crippen LogP contribution in [0.1, 0.15) is 6.42 Å². The highest BCUT2D eigenvalue weighted by Crippen LogP contribution is 2.10. The van der Waals surface area contributed by atoms with E-state index < -0.39 is 24.3 Å². The van der Waals surface area contributed by atoms with Crippen LogP contribution in [0.15, 0.2) is 0 Å². The average Bonchev–Trinajstić information content (AvgIpc) is 1.63. The zero-order valence-electron chi connectivity index (χ0n) is 4.28. The SMILES string of the molecule is O=C(Cl)CC(F)C(F)F. The lowest BCUT2D eigenvalue weighted by Gasteiger charge is -2.00. The van der Waals surface area contributed by atoms with Gasteiger partial charge in [-0.05, 0) is 11.6 Å². The zero-order valence-corrected chi connectivity index (χ0v) is 5.04. The van der Waals surface area contributed by atoms with Crippen LogP contribution in [0.3, 0.4) is 0 Å². The number of carbonyl (C=O) groups is 1. The number of halogens is 4. The van der Waals surface area contributed by atoms with Crippen LogP contribution in [0.2, 0.25) is 0 Å². The van der Waals surface area contributed by atoms with Gasteiger partial charge in [0.1, 0.15) is 0 Å². The minimum Gasteiger partial charge on any atom is -0.281 e. The first kappa shape index (κ1) is 8.75. The Hall–Kier alpha value is -0.250. The third-order valence-corrected chi connectivity index (χ3v) is 0.783. The Morgan fingerprint density at radius 3 is 2.00 bits per heavy atom. The van der Waals surface area contributed by atoms with Gasteiger partial charge in [0.05, 0.1) is 6.42 Å². The topological polar surface area (TPSA) is 17.1 Å². The zero-order chi connectivity index (χ0) is 7.44. The van der Waals surface area contributed by atoms with Crippen LogP contribution >= 0.6 is 11.6 Å². The molecule has 0 aliphatic carbocycles. The molecule has 0 aliphatic rings. The summed E-state index contributed by atoms with van der Waals surface area (Å²) in [5.74, 6) is 0. The second kappa shape index (κ2) is 3.71. The minimum atomic E-state index is -3.12. The highest BCUT2D eigenvalue weighted by atomic mass is 35.5. The van der Waals surface area contributed by atoms with Crippen LogP contribution in [-0.4, -0.2) is 17.8 Å². The first-order valence-electron chi connectivity index (χ1n) is 2.14. The smallest absolute Gasteiger partial charge is 0.269 e. The Morgan fingerprint density at radius 2 is 1.89 bits per heavy atom. The molecule has 0 rings (SSSR count). The Labute approximate surface area is 54.8 Å². The molecule has 0 aromatic carbocycles. The van der Waals surface area contributed by atoms with E-state index in [1.54, 1.807) is 0 Å². The molecule has 0 aromatic heterocycles. The molecular weight excluding hydrogens is 156 g/mol. The van der Waals surface area contributed by atoms with E-state index in [0.29, 0.717) is 0 Å². The van der Waals surface area contributed by atoms with Crippen molar-refractivity contribution in [1.82, 2.24) is 0 Å². The highest BCUT2D eigenvalue weighted by Gasteiger charge is 2.21. The van der Waals surface area contributed by atoms with E-state index >= 15 is 0 Å². The monoisotopic (exact) mass is 160 g/mol. The summed E-state index contributed by atoms with van der Waals surface area (Å²) in [6, 6.07) is 0. The fourth-order valence-electron chi connectivity index (χ4n) is 0.242. The van der Waals surface area contributed by atoms with Gasteiger partial charge in [0, 0.05) is 0 Å². The fourth-order valence-corrected chi connectivity index (χ4v) is 0.390. The van der Waals surface area contributed by atoms with E-state index in [4.69, 9.17) is 0 Å². The molecule has 1 unspecified atom stereocenters. The van der Waals surface area contributed by atoms with Crippen molar-refractivity contribution < 1.29 is 18.0 Å². The maximum Gasteiger partial charge on any atom is 0.269 e. The van der Waals surface area contributed by atoms with Gasteiger partial charge in [-0.25, -0.2) is 13.2 Å². The summed E-state index contributed by atoms with van der Waals surface area (Å²) in [5.41, 5.74) is 0. The first-order valence-corrected chi connectivity index (χ1v) is 2.52. The van der Waals surface area contributed by atoms with Crippen LogP contribution in [0.25, 0.3) is 0 Å². The summed E-state index contributed by atoms with van der Waals surface area (Å²) in [6.45, 7) is 0. The molecule has 1 nitrogen and oxygen atoms in total. The molecule has 54 valence electrons. The summed E-state index contributed by atoms with van der Waals surface area (Å²) in [6.07, 6.45) is -6.46. The predicted octanol–water partition coefficient (Wildman–Crippen LogP) is 1.75. The number of alkyl halides is 3. The van der Waals surface area contributed by atoms with Crippen LogP contribution in [-0.2, 0) is 4.79 Å². The molecule has 0 amide bonds. The van der Waals surface area contributed by atoms with Crippen LogP contribution in [0, 0.1) is 0 Å². The van der Waals surface area contributed by atoms with Crippen molar-refractivity contribution in [1.29, 1.82) is 0 Å². The van der Waals surface area contributed by atoms with Gasteiger partial charge in [-0.1, -0.05) is 0 Å². The lowest BCUT2D eigenvalue weighted by atomic mass is 10.3. The van der Waals surface area contributed by atoms with Gasteiger partial charge >= 0.3 is 0 Å². The van der Waals surface area contributed by atoms with Gasteiger partial charge in [-0.3, -0.25) is 4.79 Å². The van der Waals surface area contributed by atoms with Gasteiger partial charge in [0.15, 0.2) is 6.17 Å². The molecule has 0 radical (unpaired) electrons. The second-order valence-electron chi connectivity index (χ2n) is 1.41. The van der Waals surface area contributed by atoms with Crippen LogP contribution in [0.5, 0.6) is 0 Å². The van der Waals surface area contributed by atoms with Crippen molar-refractivity contribution in [2.24, 2.45) is 0 Å². The van der Waals surface area contributed by atoms with Crippen molar-refractivity contribution >= 4 is 16.8 Å². The van der Waals surface area contributed by atoms with E-state index in [9.17, 15) is 18.0 Å². The number of hydrogen-bond acceptors (Lipinski definition) is 1. The molecule has 1 atom stereocenters. The molecule has 9 heavy (non-hydrogen) atoms. The molecule has 0 aromatic rings. The Kier molecular flexibility index (Phi) is 3.61. The number of rotatable bonds is 3. The minimum absolute atomic E-state index is 0.917. The van der Waals surface area contributed by atoms with Gasteiger partial charge in [-0.15, -0.1) is 0 Å². The van der Waals surface area contributed by atoms with Crippen LogP contribution < -0.4 is 0 Å². The molecule has 0 saturated heterocycles. The normalized spacial score (nSPS) is 13.9. The van der Waals surface area contributed by atoms with E-state index in [1.165, 1.54) is 0 Å². The first-order chi connectivity index (χ1) is 4.04. The van der Waals surface area contributed by atoms with Gasteiger partial charge < -0.3 is 0 Å². The maximum absolute atomic E-state index is 11.7. The molecule has 0 saturated carbocycles. The lowest BCUT2D eigenvalue weighted by Crippen LogP contribution is -2.14. The maximum atomic E-state index is 11.7. The van der Waals surface area contributed by atoms with Crippen molar-refractivity contribution in [3.8, 4) is 0 Å². The van der Waals surface area contributed by atoms with E-state index in [0.717, 1.165) is 0 Å². The standard InChI is InChI=1S/C4H4ClF3O/c5-3(9)1-2(6)4(7)8/h2,4H,1H2. The number of hydrogen-bond donors (Lipinski definition) is 0. The fraction of sp³-hybridized carbons (Fsp3) is 0.750. The quantitative estimate of drug-likeness (QED) is 0.575. The van der Waals surface area contributed by atoms with Crippen molar-refractivity contribution in [2.45, 2.75) is 19.0 Å². The van der Waals surface area contributed by atoms with Crippen molar-refractivity contribution in [2.75, 3.05) is 0 Å². The largest absolute Gasteiger partial charge is 0.281 e. The third-order valence-electron chi connectivity index (χ3n) is 0.629. The molecule has 0 fully saturated rings. The third kappa shape index (κ3) is 4.27. The molecular formula is C4H4ClF3O. The molecule has 0 bridgehead atoms. The summed E-state index contributed by atoms with van der Waals surface area (Å²) in [7, 11) is 0. The molecule has 0 spiro atoms. The van der Waals surface area contributed by atoms with Crippen molar-refractivity contribution in [3.05, 3.63) is 0 Å². The summed E-state index contributed by atoms with van der Waals surface area (Å²) in [5, 5.41) is -1.08. The molecule has 0 aliphatic heterocycles. The second-order valence-corrected chi connectivity index (χ2v) is 1.83. The summed E-state index contributed by atoms with van der Waals surface area (Å²) < 4.78 is 34.1. The van der Waals surface area contributed by atoms with E-state index in [2.05, 4.69) is 11.6 Å². The predicted molar refractivity (Wildman–Crippen MR) is 26.4 cm³/mol. The van der Waals surface area contributed by atoms with E-state index in [1.807, 2.05) is 0 Å². The van der Waals surface area contributed by atoms with Gasteiger partial charge in [0.25, 0.3) is 6.43 Å². The van der Waals surface area contributed by atoms with Gasteiger partial charge in [0.2, 0.25) is 5.24 Å². The van der Waals surface area contributed by atoms with Crippen LogP contribution in [0.4, 0.5) is 13.2 Å². The number of carbonyl (C=O) groups excluding carboxylic acids is 1. The Morgan fingerprint density at radius 1 is 1.44 bits per heavy atom. The van der Waals surface area contributed by atoms with E-state index in [-0.39, 0.29) is 0 Å².